The number of nitrogens with zero attached hydrogens (tertiary/aromatic N) is 2. The van der Waals surface area contributed by atoms with E-state index in [-0.39, 0.29) is 47.7 Å². The molecule has 1 fully saturated rings. The van der Waals surface area contributed by atoms with Crippen LogP contribution >= 0.6 is 24.0 Å². The smallest absolute Gasteiger partial charge is 0.222 e. The molecule has 1 amide bonds. The number of carbonyl (C=O) groups excluding carboxylic acids is 1. The fraction of sp³-hybridized carbons (Fsp3) is 0.636. The molecule has 1 heterocycles. The lowest BCUT2D eigenvalue weighted by Crippen LogP contribution is -2.50. The van der Waals surface area contributed by atoms with E-state index >= 15 is 0 Å². The van der Waals surface area contributed by atoms with Gasteiger partial charge in [-0.15, -0.1) is 24.0 Å². The lowest BCUT2D eigenvalue weighted by molar-refractivity contribution is -0.129. The van der Waals surface area contributed by atoms with Crippen molar-refractivity contribution >= 4 is 45.7 Å². The number of halogens is 1. The van der Waals surface area contributed by atoms with Crippen LogP contribution in [0.4, 0.5) is 0 Å². The first-order valence-corrected chi connectivity index (χ1v) is 12.5. The Labute approximate surface area is 204 Å². The van der Waals surface area contributed by atoms with Crippen LogP contribution in [0.3, 0.4) is 0 Å². The molecule has 31 heavy (non-hydrogen) atoms. The van der Waals surface area contributed by atoms with Crippen molar-refractivity contribution in [3.8, 4) is 0 Å². The molecule has 2 N–H and O–H groups in total. The SMILES string of the molecule is CCN=C(NC1CCN(C(=O)CC)C1)NC(CC)CS(=O)(=O)c1ccc(C)c(C)c1.I. The summed E-state index contributed by atoms with van der Waals surface area (Å²) in [6, 6.07) is 5.14. The molecule has 176 valence electrons. The molecule has 2 unspecified atom stereocenters. The number of guanidine groups is 1. The van der Waals surface area contributed by atoms with E-state index in [1.54, 1.807) is 12.1 Å². The van der Waals surface area contributed by atoms with Gasteiger partial charge in [0.2, 0.25) is 5.91 Å². The van der Waals surface area contributed by atoms with E-state index < -0.39 is 9.84 Å². The zero-order chi connectivity index (χ0) is 22.3. The predicted molar refractivity (Wildman–Crippen MR) is 137 cm³/mol. The standard InChI is InChI=1S/C22H36N4O3S.HI/c1-6-18(15-30(28,29)20-10-9-16(4)17(5)13-20)24-22(23-8-3)25-19-11-12-26(14-19)21(27)7-2;/h9-10,13,18-19H,6-8,11-12,14-15H2,1-5H3,(H2,23,24,25);1H. The van der Waals surface area contributed by atoms with Gasteiger partial charge in [-0.25, -0.2) is 8.42 Å². The van der Waals surface area contributed by atoms with E-state index in [0.717, 1.165) is 24.1 Å². The van der Waals surface area contributed by atoms with Gasteiger partial charge in [0.15, 0.2) is 15.8 Å². The van der Waals surface area contributed by atoms with Crippen molar-refractivity contribution in [2.45, 2.75) is 70.9 Å². The van der Waals surface area contributed by atoms with Crippen LogP contribution in [-0.4, -0.2) is 62.7 Å². The molecule has 0 bridgehead atoms. The summed E-state index contributed by atoms with van der Waals surface area (Å²) in [7, 11) is -3.42. The number of likely N-dealkylation sites (tertiary alicyclic amines) is 1. The molecule has 0 aromatic heterocycles. The fourth-order valence-electron chi connectivity index (χ4n) is 3.54. The molecular weight excluding hydrogens is 527 g/mol. The van der Waals surface area contributed by atoms with Gasteiger partial charge in [0.1, 0.15) is 0 Å². The van der Waals surface area contributed by atoms with Crippen LogP contribution in [0.15, 0.2) is 28.1 Å². The average Bonchev–Trinajstić information content (AvgIpc) is 3.17. The number of carbonyl (C=O) groups is 1. The van der Waals surface area contributed by atoms with E-state index in [0.29, 0.717) is 36.8 Å². The molecule has 1 aliphatic heterocycles. The van der Waals surface area contributed by atoms with Crippen LogP contribution in [-0.2, 0) is 14.6 Å². The van der Waals surface area contributed by atoms with Crippen molar-refractivity contribution in [2.75, 3.05) is 25.4 Å². The number of hydrogen-bond donors (Lipinski definition) is 2. The monoisotopic (exact) mass is 564 g/mol. The summed E-state index contributed by atoms with van der Waals surface area (Å²) in [5.41, 5.74) is 2.05. The number of rotatable bonds is 8. The number of benzene rings is 1. The molecule has 9 heteroatoms. The van der Waals surface area contributed by atoms with Crippen molar-refractivity contribution in [1.29, 1.82) is 0 Å². The molecule has 1 saturated heterocycles. The average molecular weight is 565 g/mol. The van der Waals surface area contributed by atoms with Gasteiger partial charge in [-0.3, -0.25) is 9.79 Å². The number of nitrogens with one attached hydrogen (secondary N) is 2. The molecule has 0 radical (unpaired) electrons. The van der Waals surface area contributed by atoms with Gasteiger partial charge in [0.05, 0.1) is 10.6 Å². The first-order chi connectivity index (χ1) is 14.2. The molecular formula is C22H37IN4O3S. The van der Waals surface area contributed by atoms with Crippen LogP contribution < -0.4 is 10.6 Å². The second-order valence-electron chi connectivity index (χ2n) is 7.92. The second-order valence-corrected chi connectivity index (χ2v) is 9.96. The minimum Gasteiger partial charge on any atom is -0.353 e. The molecule has 0 aliphatic carbocycles. The van der Waals surface area contributed by atoms with Crippen LogP contribution in [0.1, 0.15) is 51.2 Å². The highest BCUT2D eigenvalue weighted by Gasteiger charge is 2.27. The van der Waals surface area contributed by atoms with Gasteiger partial charge < -0.3 is 15.5 Å². The number of amides is 1. The summed E-state index contributed by atoms with van der Waals surface area (Å²) in [6.07, 6.45) is 2.02. The lowest BCUT2D eigenvalue weighted by Gasteiger charge is -2.23. The Kier molecular flexibility index (Phi) is 11.3. The Bertz CT molecular complexity index is 874. The van der Waals surface area contributed by atoms with Crippen LogP contribution in [0.2, 0.25) is 0 Å². The second kappa shape index (κ2) is 12.6. The van der Waals surface area contributed by atoms with Gasteiger partial charge >= 0.3 is 0 Å². The number of aryl methyl sites for hydroxylation is 2. The molecule has 2 atom stereocenters. The Morgan fingerprint density at radius 2 is 1.94 bits per heavy atom. The maximum atomic E-state index is 13.0. The molecule has 0 saturated carbocycles. The van der Waals surface area contributed by atoms with Gasteiger partial charge in [-0.05, 0) is 56.9 Å². The quantitative estimate of drug-likeness (QED) is 0.288. The van der Waals surface area contributed by atoms with E-state index in [4.69, 9.17) is 0 Å². The summed E-state index contributed by atoms with van der Waals surface area (Å²) in [5, 5.41) is 6.68. The van der Waals surface area contributed by atoms with E-state index in [2.05, 4.69) is 15.6 Å². The van der Waals surface area contributed by atoms with Crippen molar-refractivity contribution in [3.05, 3.63) is 29.3 Å². The molecule has 0 spiro atoms. The fourth-order valence-corrected chi connectivity index (χ4v) is 5.21. The van der Waals surface area contributed by atoms with Crippen molar-refractivity contribution in [1.82, 2.24) is 15.5 Å². The topological polar surface area (TPSA) is 90.9 Å². The van der Waals surface area contributed by atoms with Gasteiger partial charge in [-0.1, -0.05) is 19.9 Å². The van der Waals surface area contributed by atoms with E-state index in [1.807, 2.05) is 45.6 Å². The number of sulfone groups is 1. The third-order valence-electron chi connectivity index (χ3n) is 5.59. The van der Waals surface area contributed by atoms with E-state index in [1.165, 1.54) is 0 Å². The largest absolute Gasteiger partial charge is 0.353 e. The molecule has 1 aromatic rings. The lowest BCUT2D eigenvalue weighted by atomic mass is 10.1. The minimum absolute atomic E-state index is 0. The predicted octanol–water partition coefficient (Wildman–Crippen LogP) is 3.04. The summed E-state index contributed by atoms with van der Waals surface area (Å²) in [6.45, 7) is 11.6. The minimum atomic E-state index is -3.42. The summed E-state index contributed by atoms with van der Waals surface area (Å²) in [4.78, 5) is 18.6. The zero-order valence-electron chi connectivity index (χ0n) is 19.3. The van der Waals surface area contributed by atoms with Crippen molar-refractivity contribution in [2.24, 2.45) is 4.99 Å². The first kappa shape index (κ1) is 27.7. The van der Waals surface area contributed by atoms with Crippen molar-refractivity contribution < 1.29 is 13.2 Å². The first-order valence-electron chi connectivity index (χ1n) is 10.8. The zero-order valence-corrected chi connectivity index (χ0v) is 22.4. The highest BCUT2D eigenvalue weighted by atomic mass is 127. The normalized spacial score (nSPS) is 17.8. The Morgan fingerprint density at radius 3 is 2.52 bits per heavy atom. The molecule has 7 nitrogen and oxygen atoms in total. The highest BCUT2D eigenvalue weighted by molar-refractivity contribution is 14.0. The van der Waals surface area contributed by atoms with E-state index in [9.17, 15) is 13.2 Å². The van der Waals surface area contributed by atoms with Gasteiger partial charge in [0, 0.05) is 38.1 Å². The maximum absolute atomic E-state index is 13.0. The van der Waals surface area contributed by atoms with Crippen LogP contribution in [0, 0.1) is 13.8 Å². The Morgan fingerprint density at radius 1 is 1.23 bits per heavy atom. The number of aliphatic imine (C=N–C) groups is 1. The third kappa shape index (κ3) is 7.93. The highest BCUT2D eigenvalue weighted by Crippen LogP contribution is 2.17. The maximum Gasteiger partial charge on any atom is 0.222 e. The summed E-state index contributed by atoms with van der Waals surface area (Å²) < 4.78 is 25.9. The Balaban J connectivity index is 0.00000480. The molecule has 1 aromatic carbocycles. The summed E-state index contributed by atoms with van der Waals surface area (Å²) in [5.74, 6) is 0.768. The summed E-state index contributed by atoms with van der Waals surface area (Å²) >= 11 is 0. The number of hydrogen-bond acceptors (Lipinski definition) is 4. The van der Waals surface area contributed by atoms with Crippen LogP contribution in [0.5, 0.6) is 0 Å². The van der Waals surface area contributed by atoms with Gasteiger partial charge in [0.25, 0.3) is 0 Å². The van der Waals surface area contributed by atoms with Crippen molar-refractivity contribution in [3.63, 3.8) is 0 Å². The van der Waals surface area contributed by atoms with Crippen LogP contribution in [0.25, 0.3) is 0 Å². The molecule has 1 aliphatic rings. The molecule has 2 rings (SSSR count). The third-order valence-corrected chi connectivity index (χ3v) is 7.41. The Hall–Kier alpha value is -1.36. The van der Waals surface area contributed by atoms with Gasteiger partial charge in [-0.2, -0.15) is 0 Å².